The lowest BCUT2D eigenvalue weighted by molar-refractivity contribution is 0.311. The number of rotatable bonds is 8. The quantitative estimate of drug-likeness (QED) is 0.167. The number of phenolic OH excluding ortho intramolecular Hbond substituents is 2. The van der Waals surface area contributed by atoms with E-state index in [2.05, 4.69) is 100 Å². The first kappa shape index (κ1) is 34.9. The molecule has 4 heteroatoms. The van der Waals surface area contributed by atoms with E-state index >= 15 is 0 Å². The van der Waals surface area contributed by atoms with Crippen molar-refractivity contribution in [2.24, 2.45) is 0 Å². The SMILES string of the molecule is CCCOc1c2cc(C)cc1Cc1cccc(c1O)Cc1cc(-c3ccc(-c4ccc(C)cc4)cc3)cc(c1OCCC)Cc1cccc(c1O)C2. The van der Waals surface area contributed by atoms with Crippen LogP contribution in [0.1, 0.15) is 82.3 Å². The van der Waals surface area contributed by atoms with Crippen molar-refractivity contribution < 1.29 is 19.7 Å². The Bertz CT molecular complexity index is 2100. The smallest absolute Gasteiger partial charge is 0.126 e. The van der Waals surface area contributed by atoms with E-state index in [1.54, 1.807) is 0 Å². The van der Waals surface area contributed by atoms with Gasteiger partial charge in [0, 0.05) is 25.7 Å². The highest BCUT2D eigenvalue weighted by molar-refractivity contribution is 5.73. The highest BCUT2D eigenvalue weighted by Gasteiger charge is 2.22. The van der Waals surface area contributed by atoms with Crippen LogP contribution in [0.15, 0.2) is 109 Å². The van der Waals surface area contributed by atoms with E-state index in [1.807, 2.05) is 36.4 Å². The second-order valence-corrected chi connectivity index (χ2v) is 14.2. The zero-order valence-electron chi connectivity index (χ0n) is 30.8. The summed E-state index contributed by atoms with van der Waals surface area (Å²) < 4.78 is 13.0. The van der Waals surface area contributed by atoms with Gasteiger partial charge in [-0.25, -0.2) is 0 Å². The van der Waals surface area contributed by atoms with Crippen molar-refractivity contribution in [1.82, 2.24) is 0 Å². The minimum atomic E-state index is 0.304. The first-order valence-corrected chi connectivity index (χ1v) is 18.6. The molecule has 7 rings (SSSR count). The average Bonchev–Trinajstić information content (AvgIpc) is 3.14. The Hall–Kier alpha value is -5.48. The molecule has 0 amide bonds. The average molecular weight is 689 g/mol. The molecule has 0 spiro atoms. The fourth-order valence-electron chi connectivity index (χ4n) is 7.44. The number of phenols is 2. The van der Waals surface area contributed by atoms with E-state index in [4.69, 9.17) is 9.47 Å². The molecule has 6 aromatic carbocycles. The van der Waals surface area contributed by atoms with Crippen molar-refractivity contribution in [3.8, 4) is 45.3 Å². The van der Waals surface area contributed by atoms with E-state index in [-0.39, 0.29) is 0 Å². The van der Waals surface area contributed by atoms with Gasteiger partial charge in [-0.1, -0.05) is 122 Å². The molecule has 4 nitrogen and oxygen atoms in total. The van der Waals surface area contributed by atoms with Crippen molar-refractivity contribution in [1.29, 1.82) is 0 Å². The summed E-state index contributed by atoms with van der Waals surface area (Å²) in [6, 6.07) is 38.2. The third-order valence-electron chi connectivity index (χ3n) is 10.1. The maximum atomic E-state index is 11.9. The Morgan fingerprint density at radius 3 is 1.15 bits per heavy atom. The molecule has 0 aliphatic heterocycles. The predicted octanol–water partition coefficient (Wildman–Crippen LogP) is 11.3. The molecule has 1 aliphatic carbocycles. The number of hydrogen-bond donors (Lipinski definition) is 2. The molecule has 1 aliphatic rings. The third kappa shape index (κ3) is 7.43. The number of aromatic hydroxyl groups is 2. The molecular formula is C48H48O4. The van der Waals surface area contributed by atoms with Crippen LogP contribution < -0.4 is 9.47 Å². The summed E-state index contributed by atoms with van der Waals surface area (Å²) in [5, 5.41) is 23.8. The van der Waals surface area contributed by atoms with Crippen molar-refractivity contribution in [2.45, 2.75) is 66.2 Å². The Morgan fingerprint density at radius 1 is 0.423 bits per heavy atom. The van der Waals surface area contributed by atoms with Crippen LogP contribution in [0, 0.1) is 13.8 Å². The van der Waals surface area contributed by atoms with Crippen LogP contribution in [0.4, 0.5) is 0 Å². The third-order valence-corrected chi connectivity index (χ3v) is 10.1. The van der Waals surface area contributed by atoms with Crippen LogP contribution in [0.25, 0.3) is 22.3 Å². The van der Waals surface area contributed by atoms with Gasteiger partial charge in [-0.3, -0.25) is 0 Å². The lowest BCUT2D eigenvalue weighted by atomic mass is 9.89. The van der Waals surface area contributed by atoms with Crippen LogP contribution in [0.3, 0.4) is 0 Å². The fourth-order valence-corrected chi connectivity index (χ4v) is 7.44. The summed E-state index contributed by atoms with van der Waals surface area (Å²) in [6.07, 6.45) is 3.78. The summed E-state index contributed by atoms with van der Waals surface area (Å²) in [4.78, 5) is 0. The van der Waals surface area contributed by atoms with Crippen LogP contribution in [-0.4, -0.2) is 23.4 Å². The number of hydrogen-bond acceptors (Lipinski definition) is 4. The molecule has 0 heterocycles. The zero-order valence-corrected chi connectivity index (χ0v) is 30.8. The van der Waals surface area contributed by atoms with E-state index < -0.39 is 0 Å². The summed E-state index contributed by atoms with van der Waals surface area (Å²) in [5.41, 5.74) is 14.3. The van der Waals surface area contributed by atoms with Gasteiger partial charge < -0.3 is 19.7 Å². The monoisotopic (exact) mass is 688 g/mol. The zero-order chi connectivity index (χ0) is 36.2. The Morgan fingerprint density at radius 2 is 0.769 bits per heavy atom. The fraction of sp³-hybridized carbons (Fsp3) is 0.250. The number of benzene rings is 6. The predicted molar refractivity (Wildman–Crippen MR) is 212 cm³/mol. The number of fused-ring (bicyclic) bond motifs is 8. The number of ether oxygens (including phenoxy) is 2. The molecule has 52 heavy (non-hydrogen) atoms. The highest BCUT2D eigenvalue weighted by Crippen LogP contribution is 2.40. The van der Waals surface area contributed by atoms with Gasteiger partial charge in [0.15, 0.2) is 0 Å². The second-order valence-electron chi connectivity index (χ2n) is 14.2. The molecule has 0 radical (unpaired) electrons. The van der Waals surface area contributed by atoms with Gasteiger partial charge in [-0.15, -0.1) is 0 Å². The second kappa shape index (κ2) is 15.4. The largest absolute Gasteiger partial charge is 0.507 e. The highest BCUT2D eigenvalue weighted by atomic mass is 16.5. The van der Waals surface area contributed by atoms with Gasteiger partial charge in [0.05, 0.1) is 13.2 Å². The maximum absolute atomic E-state index is 11.9. The molecule has 6 aromatic rings. The van der Waals surface area contributed by atoms with Crippen LogP contribution in [-0.2, 0) is 25.7 Å². The van der Waals surface area contributed by atoms with Crippen molar-refractivity contribution in [2.75, 3.05) is 13.2 Å². The maximum Gasteiger partial charge on any atom is 0.126 e. The van der Waals surface area contributed by atoms with Gasteiger partial charge in [0.1, 0.15) is 23.0 Å². The molecule has 0 fully saturated rings. The Balaban J connectivity index is 1.41. The van der Waals surface area contributed by atoms with Crippen LogP contribution in [0.2, 0.25) is 0 Å². The molecule has 8 bridgehead atoms. The first-order chi connectivity index (χ1) is 25.3. The molecule has 0 saturated carbocycles. The molecule has 0 atom stereocenters. The molecular weight excluding hydrogens is 641 g/mol. The van der Waals surface area contributed by atoms with Crippen molar-refractivity contribution in [3.63, 3.8) is 0 Å². The summed E-state index contributed by atoms with van der Waals surface area (Å²) in [6.45, 7) is 9.58. The topological polar surface area (TPSA) is 58.9 Å². The standard InChI is InChI=1S/C48H48O4/c1-5-21-51-47-41-23-32(4)24-42(47)26-37-10-8-12-39(46(37)50)28-44-30-40(35-19-17-34(18-20-35)33-15-13-31(3)14-16-33)29-43(48(44)52-22-6-2)27-38-11-7-9-36(25-41)45(38)49/h7-20,23-24,29-30,49-50H,5-6,21-22,25-28H2,1-4H3. The van der Waals surface area contributed by atoms with Crippen LogP contribution >= 0.6 is 0 Å². The molecule has 264 valence electrons. The Kier molecular flexibility index (Phi) is 10.4. The minimum Gasteiger partial charge on any atom is -0.507 e. The van der Waals surface area contributed by atoms with E-state index in [9.17, 15) is 10.2 Å². The summed E-state index contributed by atoms with van der Waals surface area (Å²) in [7, 11) is 0. The molecule has 0 unspecified atom stereocenters. The first-order valence-electron chi connectivity index (χ1n) is 18.6. The van der Waals surface area contributed by atoms with Gasteiger partial charge in [-0.05, 0) is 106 Å². The van der Waals surface area contributed by atoms with Gasteiger partial charge >= 0.3 is 0 Å². The molecule has 0 saturated heterocycles. The van der Waals surface area contributed by atoms with Crippen LogP contribution in [0.5, 0.6) is 23.0 Å². The van der Waals surface area contributed by atoms with Gasteiger partial charge in [0.25, 0.3) is 0 Å². The van der Waals surface area contributed by atoms with Crippen molar-refractivity contribution in [3.05, 3.63) is 165 Å². The molecule has 0 aromatic heterocycles. The summed E-state index contributed by atoms with van der Waals surface area (Å²) >= 11 is 0. The molecule has 2 N–H and O–H groups in total. The van der Waals surface area contributed by atoms with Crippen molar-refractivity contribution >= 4 is 0 Å². The lowest BCUT2D eigenvalue weighted by Gasteiger charge is -2.22. The minimum absolute atomic E-state index is 0.304. The van der Waals surface area contributed by atoms with Gasteiger partial charge in [-0.2, -0.15) is 0 Å². The number of aryl methyl sites for hydroxylation is 2. The van der Waals surface area contributed by atoms with E-state index in [0.29, 0.717) is 50.4 Å². The van der Waals surface area contributed by atoms with E-state index in [1.165, 1.54) is 16.7 Å². The number of para-hydroxylation sites is 2. The van der Waals surface area contributed by atoms with E-state index in [0.717, 1.165) is 85.5 Å². The summed E-state index contributed by atoms with van der Waals surface area (Å²) in [5.74, 6) is 2.27. The normalized spacial score (nSPS) is 12.4. The Labute approximate surface area is 308 Å². The van der Waals surface area contributed by atoms with Gasteiger partial charge in [0.2, 0.25) is 0 Å². The lowest BCUT2D eigenvalue weighted by Crippen LogP contribution is -2.07.